The smallest absolute Gasteiger partial charge is 0.0995 e. The van der Waals surface area contributed by atoms with Crippen LogP contribution in [0.2, 0.25) is 5.02 Å². The van der Waals surface area contributed by atoms with Crippen molar-refractivity contribution in [3.8, 4) is 6.07 Å². The van der Waals surface area contributed by atoms with Crippen LogP contribution >= 0.6 is 11.6 Å². The Bertz CT molecular complexity index is 835. The van der Waals surface area contributed by atoms with Crippen molar-refractivity contribution in [1.29, 1.82) is 5.26 Å². The van der Waals surface area contributed by atoms with Gasteiger partial charge in [0.2, 0.25) is 0 Å². The lowest BCUT2D eigenvalue weighted by Crippen LogP contribution is -2.46. The fourth-order valence-electron chi connectivity index (χ4n) is 3.71. The van der Waals surface area contributed by atoms with Gasteiger partial charge in [0.25, 0.3) is 0 Å². The monoisotopic (exact) mass is 411 g/mol. The number of benzene rings is 2. The van der Waals surface area contributed by atoms with E-state index >= 15 is 0 Å². The van der Waals surface area contributed by atoms with Crippen molar-refractivity contribution >= 4 is 17.3 Å². The molecule has 2 aromatic carbocycles. The first-order valence-electron chi connectivity index (χ1n) is 10.1. The summed E-state index contributed by atoms with van der Waals surface area (Å²) < 4.78 is 0. The van der Waals surface area contributed by atoms with Crippen LogP contribution in [0.4, 0.5) is 5.69 Å². The summed E-state index contributed by atoms with van der Waals surface area (Å²) in [4.78, 5) is 6.94. The summed E-state index contributed by atoms with van der Waals surface area (Å²) in [7, 11) is 4.11. The van der Waals surface area contributed by atoms with E-state index in [9.17, 15) is 5.26 Å². The largest absolute Gasteiger partial charge is 0.369 e. The minimum atomic E-state index is -0.00866. The molecule has 0 saturated carbocycles. The second kappa shape index (κ2) is 10.1. The lowest BCUT2D eigenvalue weighted by atomic mass is 9.98. The average Bonchev–Trinajstić information content (AvgIpc) is 2.73. The van der Waals surface area contributed by atoms with Crippen molar-refractivity contribution in [3.63, 3.8) is 0 Å². The molecular weight excluding hydrogens is 382 g/mol. The summed E-state index contributed by atoms with van der Waals surface area (Å²) in [5.41, 5.74) is 10.5. The fraction of sp³-hybridized carbons (Fsp3) is 0.435. The number of hydrogen-bond donors (Lipinski definition) is 1. The Kier molecular flexibility index (Phi) is 7.51. The highest BCUT2D eigenvalue weighted by atomic mass is 35.5. The van der Waals surface area contributed by atoms with E-state index < -0.39 is 0 Å². The van der Waals surface area contributed by atoms with Crippen molar-refractivity contribution in [2.75, 3.05) is 51.7 Å². The summed E-state index contributed by atoms with van der Waals surface area (Å²) in [5.74, 6) is 0. The Hall–Kier alpha value is -2.10. The van der Waals surface area contributed by atoms with Gasteiger partial charge in [0.1, 0.15) is 0 Å². The quantitative estimate of drug-likeness (QED) is 0.755. The minimum Gasteiger partial charge on any atom is -0.369 e. The highest BCUT2D eigenvalue weighted by Crippen LogP contribution is 2.23. The lowest BCUT2D eigenvalue weighted by molar-refractivity contribution is 0.249. The van der Waals surface area contributed by atoms with E-state index in [1.54, 1.807) is 0 Å². The number of nitrogens with two attached hydrogens (primary N) is 1. The zero-order valence-corrected chi connectivity index (χ0v) is 18.1. The summed E-state index contributed by atoms with van der Waals surface area (Å²) in [6.07, 6.45) is 0.901. The van der Waals surface area contributed by atoms with Gasteiger partial charge in [-0.2, -0.15) is 5.26 Å². The van der Waals surface area contributed by atoms with Crippen LogP contribution in [-0.2, 0) is 6.54 Å². The predicted molar refractivity (Wildman–Crippen MR) is 120 cm³/mol. The van der Waals surface area contributed by atoms with E-state index in [0.717, 1.165) is 67.4 Å². The molecule has 154 valence electrons. The zero-order valence-electron chi connectivity index (χ0n) is 17.3. The van der Waals surface area contributed by atoms with E-state index in [4.69, 9.17) is 17.3 Å². The topological polar surface area (TPSA) is 59.5 Å². The first-order valence-corrected chi connectivity index (χ1v) is 10.5. The van der Waals surface area contributed by atoms with E-state index in [1.807, 2.05) is 24.3 Å². The number of anilines is 1. The molecule has 0 radical (unpaired) electrons. The summed E-state index contributed by atoms with van der Waals surface area (Å²) in [6, 6.07) is 16.4. The molecule has 5 nitrogen and oxygen atoms in total. The molecule has 0 spiro atoms. The third-order valence-corrected chi connectivity index (χ3v) is 5.78. The van der Waals surface area contributed by atoms with Gasteiger partial charge in [-0.3, -0.25) is 4.90 Å². The third kappa shape index (κ3) is 5.94. The lowest BCUT2D eigenvalue weighted by Gasteiger charge is -2.36. The molecular formula is C23H30ClN5. The van der Waals surface area contributed by atoms with Gasteiger partial charge < -0.3 is 15.5 Å². The van der Waals surface area contributed by atoms with Crippen LogP contribution in [-0.4, -0.2) is 56.6 Å². The zero-order chi connectivity index (χ0) is 20.8. The van der Waals surface area contributed by atoms with Crippen molar-refractivity contribution in [1.82, 2.24) is 9.80 Å². The van der Waals surface area contributed by atoms with E-state index in [0.29, 0.717) is 0 Å². The highest BCUT2D eigenvalue weighted by molar-refractivity contribution is 6.30. The molecule has 0 aromatic heterocycles. The molecule has 2 aromatic rings. The Labute approximate surface area is 179 Å². The molecule has 1 unspecified atom stereocenters. The Morgan fingerprint density at radius 1 is 1.10 bits per heavy atom. The van der Waals surface area contributed by atoms with Gasteiger partial charge in [-0.05, 0) is 68.5 Å². The molecule has 1 aliphatic rings. The highest BCUT2D eigenvalue weighted by Gasteiger charge is 2.19. The molecule has 29 heavy (non-hydrogen) atoms. The summed E-state index contributed by atoms with van der Waals surface area (Å²) in [6.45, 7) is 5.58. The molecule has 2 N–H and O–H groups in total. The van der Waals surface area contributed by atoms with Crippen LogP contribution in [0.3, 0.4) is 0 Å². The van der Waals surface area contributed by atoms with E-state index in [1.165, 1.54) is 5.69 Å². The van der Waals surface area contributed by atoms with Crippen LogP contribution in [0, 0.1) is 11.3 Å². The number of rotatable bonds is 7. The van der Waals surface area contributed by atoms with Crippen LogP contribution in [0.25, 0.3) is 0 Å². The van der Waals surface area contributed by atoms with Gasteiger partial charge in [0.05, 0.1) is 11.6 Å². The Morgan fingerprint density at radius 3 is 2.41 bits per heavy atom. The maximum atomic E-state index is 9.54. The minimum absolute atomic E-state index is 0.00866. The van der Waals surface area contributed by atoms with Gasteiger partial charge in [-0.1, -0.05) is 23.7 Å². The number of nitriles is 1. The van der Waals surface area contributed by atoms with Gasteiger partial charge in [0.15, 0.2) is 0 Å². The number of piperazine rings is 1. The Balaban J connectivity index is 1.63. The van der Waals surface area contributed by atoms with Crippen molar-refractivity contribution < 1.29 is 0 Å². The number of halogens is 1. The maximum Gasteiger partial charge on any atom is 0.0995 e. The van der Waals surface area contributed by atoms with Crippen LogP contribution in [0.5, 0.6) is 0 Å². The Morgan fingerprint density at radius 2 is 1.79 bits per heavy atom. The van der Waals surface area contributed by atoms with Crippen molar-refractivity contribution in [2.45, 2.75) is 19.0 Å². The molecule has 1 saturated heterocycles. The summed E-state index contributed by atoms with van der Waals surface area (Å²) in [5, 5.41) is 10.3. The number of hydrogen-bond acceptors (Lipinski definition) is 5. The molecule has 3 rings (SSSR count). The van der Waals surface area contributed by atoms with Gasteiger partial charge in [-0.15, -0.1) is 0 Å². The van der Waals surface area contributed by atoms with Crippen LogP contribution in [0.15, 0.2) is 42.5 Å². The number of nitrogens with zero attached hydrogens (tertiary/aromatic N) is 4. The van der Waals surface area contributed by atoms with Crippen molar-refractivity contribution in [3.05, 3.63) is 64.2 Å². The maximum absolute atomic E-state index is 9.54. The molecule has 0 amide bonds. The standard InChI is InChI=1S/C23H30ClN5/c1-27(2)10-9-23(26)18-3-4-19(16-25)20(15-18)17-28-11-13-29(14-12-28)22-7-5-21(24)6-8-22/h3-8,15,23H,9-14,17,26H2,1-2H3. The fourth-order valence-corrected chi connectivity index (χ4v) is 3.83. The molecule has 1 fully saturated rings. The van der Waals surface area contributed by atoms with E-state index in [-0.39, 0.29) is 6.04 Å². The second-order valence-corrected chi connectivity index (χ2v) is 8.40. The summed E-state index contributed by atoms with van der Waals surface area (Å²) >= 11 is 6.00. The van der Waals surface area contributed by atoms with Crippen LogP contribution in [0.1, 0.15) is 29.2 Å². The third-order valence-electron chi connectivity index (χ3n) is 5.52. The van der Waals surface area contributed by atoms with E-state index in [2.05, 4.69) is 53.1 Å². The van der Waals surface area contributed by atoms with Gasteiger partial charge >= 0.3 is 0 Å². The normalized spacial score (nSPS) is 16.1. The average molecular weight is 412 g/mol. The molecule has 1 aliphatic heterocycles. The molecule has 0 bridgehead atoms. The first kappa shape index (κ1) is 21.6. The van der Waals surface area contributed by atoms with Crippen LogP contribution < -0.4 is 10.6 Å². The van der Waals surface area contributed by atoms with Gasteiger partial charge in [0, 0.05) is 49.5 Å². The molecule has 1 heterocycles. The molecule has 1 atom stereocenters. The second-order valence-electron chi connectivity index (χ2n) is 7.97. The SMILES string of the molecule is CN(C)CCC(N)c1ccc(C#N)c(CN2CCN(c3ccc(Cl)cc3)CC2)c1. The molecule has 6 heteroatoms. The van der Waals surface area contributed by atoms with Crippen molar-refractivity contribution in [2.24, 2.45) is 5.73 Å². The predicted octanol–water partition coefficient (Wildman–Crippen LogP) is 3.49. The molecule has 0 aliphatic carbocycles. The first-order chi connectivity index (χ1) is 14.0. The van der Waals surface area contributed by atoms with Gasteiger partial charge in [-0.25, -0.2) is 0 Å².